The maximum Gasteiger partial charge on any atom is 0.420 e. The van der Waals surface area contributed by atoms with E-state index in [1.54, 1.807) is 36.4 Å². The Kier molecular flexibility index (Phi) is 6.40. The van der Waals surface area contributed by atoms with Crippen molar-refractivity contribution in [3.8, 4) is 11.5 Å². The van der Waals surface area contributed by atoms with Crippen molar-refractivity contribution in [1.82, 2.24) is 5.32 Å². The Hall–Kier alpha value is -4.07. The monoisotopic (exact) mass is 427 g/mol. The van der Waals surface area contributed by atoms with Gasteiger partial charge >= 0.3 is 12.1 Å². The first-order valence-electron chi connectivity index (χ1n) is 8.99. The molecule has 0 heterocycles. The number of halogens is 3. The Labute approximate surface area is 175 Å². The Morgan fingerprint density at radius 3 is 2.10 bits per heavy atom. The number of carbonyl (C=O) groups is 2. The third-order valence-electron chi connectivity index (χ3n) is 4.11. The largest absolute Gasteiger partial charge is 0.477 e. The number of rotatable bonds is 6. The van der Waals surface area contributed by atoms with Crippen molar-refractivity contribution in [3.05, 3.63) is 101 Å². The standard InChI is InChI=1S/C23H16F3NO4/c24-23(25,26)18-13-15(11-12-20(18)31-17-9-5-2-6-10-17)14-19(22(29)30)27-21(28)16-7-3-1-4-8-16/h1-14H,(H,27,28)(H,29,30)/b19-14+. The summed E-state index contributed by atoms with van der Waals surface area (Å²) < 4.78 is 46.1. The number of aliphatic carboxylic acids is 1. The molecule has 0 unspecified atom stereocenters. The van der Waals surface area contributed by atoms with Gasteiger partial charge in [-0.1, -0.05) is 42.5 Å². The summed E-state index contributed by atoms with van der Waals surface area (Å²) in [6.07, 6.45) is -3.80. The van der Waals surface area contributed by atoms with Crippen LogP contribution in [0.15, 0.2) is 84.6 Å². The Bertz CT molecular complexity index is 1110. The first kappa shape index (κ1) is 21.6. The number of amides is 1. The molecule has 0 aliphatic rings. The third kappa shape index (κ3) is 5.72. The van der Waals surface area contributed by atoms with Crippen LogP contribution >= 0.6 is 0 Å². The van der Waals surface area contributed by atoms with Gasteiger partial charge in [-0.25, -0.2) is 4.79 Å². The van der Waals surface area contributed by atoms with Crippen molar-refractivity contribution >= 4 is 18.0 Å². The van der Waals surface area contributed by atoms with Gasteiger partial charge in [-0.05, 0) is 48.0 Å². The minimum absolute atomic E-state index is 0.0708. The molecule has 0 aliphatic heterocycles. The van der Waals surface area contributed by atoms with Crippen LogP contribution in [0.3, 0.4) is 0 Å². The molecule has 0 saturated carbocycles. The molecule has 0 radical (unpaired) electrons. The molecule has 3 aromatic rings. The van der Waals surface area contributed by atoms with Crippen molar-refractivity contribution in [3.63, 3.8) is 0 Å². The van der Waals surface area contributed by atoms with E-state index in [2.05, 4.69) is 5.32 Å². The van der Waals surface area contributed by atoms with E-state index in [9.17, 15) is 27.9 Å². The maximum atomic E-state index is 13.6. The number of hydrogen-bond donors (Lipinski definition) is 2. The maximum absolute atomic E-state index is 13.6. The van der Waals surface area contributed by atoms with Crippen molar-refractivity contribution in [2.75, 3.05) is 0 Å². The van der Waals surface area contributed by atoms with Gasteiger partial charge in [-0.3, -0.25) is 4.79 Å². The van der Waals surface area contributed by atoms with Crippen LogP contribution in [0.4, 0.5) is 13.2 Å². The van der Waals surface area contributed by atoms with E-state index in [4.69, 9.17) is 4.74 Å². The summed E-state index contributed by atoms with van der Waals surface area (Å²) in [5.74, 6) is -2.41. The Morgan fingerprint density at radius 1 is 0.903 bits per heavy atom. The molecule has 5 nitrogen and oxygen atoms in total. The number of ether oxygens (including phenoxy) is 1. The van der Waals surface area contributed by atoms with Gasteiger partial charge in [-0.2, -0.15) is 13.2 Å². The van der Waals surface area contributed by atoms with Crippen LogP contribution in [0.25, 0.3) is 6.08 Å². The predicted octanol–water partition coefficient (Wildman–Crippen LogP) is 5.35. The van der Waals surface area contributed by atoms with Crippen molar-refractivity contribution in [2.45, 2.75) is 6.18 Å². The van der Waals surface area contributed by atoms with Gasteiger partial charge in [0, 0.05) is 5.56 Å². The molecule has 0 spiro atoms. The number of carbonyl (C=O) groups excluding carboxylic acids is 1. The molecule has 0 fully saturated rings. The normalized spacial score (nSPS) is 11.6. The number of nitrogens with one attached hydrogen (secondary N) is 1. The zero-order valence-corrected chi connectivity index (χ0v) is 15.9. The average molecular weight is 427 g/mol. The number of hydrogen-bond acceptors (Lipinski definition) is 3. The van der Waals surface area contributed by atoms with Crippen molar-refractivity contribution < 1.29 is 32.6 Å². The second-order valence-electron chi connectivity index (χ2n) is 6.35. The lowest BCUT2D eigenvalue weighted by molar-refractivity contribution is -0.138. The molecular formula is C23H16F3NO4. The van der Waals surface area contributed by atoms with E-state index >= 15 is 0 Å². The van der Waals surface area contributed by atoms with E-state index in [1.807, 2.05) is 0 Å². The third-order valence-corrected chi connectivity index (χ3v) is 4.11. The van der Waals surface area contributed by atoms with Crippen LogP contribution in [0.1, 0.15) is 21.5 Å². The van der Waals surface area contributed by atoms with E-state index in [1.165, 1.54) is 30.3 Å². The average Bonchev–Trinajstić information content (AvgIpc) is 2.74. The van der Waals surface area contributed by atoms with Gasteiger partial charge in [0.25, 0.3) is 5.91 Å². The number of carboxylic acids is 1. The van der Waals surface area contributed by atoms with E-state index in [-0.39, 0.29) is 16.9 Å². The molecule has 3 aromatic carbocycles. The van der Waals surface area contributed by atoms with Gasteiger partial charge < -0.3 is 15.2 Å². The van der Waals surface area contributed by atoms with Gasteiger partial charge in [0.05, 0.1) is 5.56 Å². The lowest BCUT2D eigenvalue weighted by atomic mass is 10.1. The molecule has 158 valence electrons. The highest BCUT2D eigenvalue weighted by Crippen LogP contribution is 2.39. The molecule has 0 aromatic heterocycles. The van der Waals surface area contributed by atoms with Crippen molar-refractivity contribution in [2.24, 2.45) is 0 Å². The number of alkyl halides is 3. The molecule has 0 saturated heterocycles. The molecule has 0 atom stereocenters. The van der Waals surface area contributed by atoms with E-state index < -0.39 is 35.1 Å². The quantitative estimate of drug-likeness (QED) is 0.520. The minimum Gasteiger partial charge on any atom is -0.477 e. The highest BCUT2D eigenvalue weighted by Gasteiger charge is 2.35. The molecule has 8 heteroatoms. The van der Waals surface area contributed by atoms with Crippen LogP contribution in [0, 0.1) is 0 Å². The fourth-order valence-corrected chi connectivity index (χ4v) is 2.67. The smallest absolute Gasteiger partial charge is 0.420 e. The molecule has 31 heavy (non-hydrogen) atoms. The summed E-state index contributed by atoms with van der Waals surface area (Å²) >= 11 is 0. The summed E-state index contributed by atoms with van der Waals surface area (Å²) in [6.45, 7) is 0. The highest BCUT2D eigenvalue weighted by molar-refractivity contribution is 6.02. The first-order chi connectivity index (χ1) is 14.7. The van der Waals surface area contributed by atoms with E-state index in [0.29, 0.717) is 0 Å². The molecule has 0 aliphatic carbocycles. The van der Waals surface area contributed by atoms with E-state index in [0.717, 1.165) is 18.2 Å². The molecule has 0 bridgehead atoms. The first-order valence-corrected chi connectivity index (χ1v) is 8.99. The Balaban J connectivity index is 1.93. The van der Waals surface area contributed by atoms with Crippen LogP contribution in [0.5, 0.6) is 11.5 Å². The molecule has 1 amide bonds. The highest BCUT2D eigenvalue weighted by atomic mass is 19.4. The second-order valence-corrected chi connectivity index (χ2v) is 6.35. The lowest BCUT2D eigenvalue weighted by Gasteiger charge is -2.15. The van der Waals surface area contributed by atoms with Gasteiger partial charge in [0.1, 0.15) is 17.2 Å². The number of benzene rings is 3. The van der Waals surface area contributed by atoms with Gasteiger partial charge in [0.2, 0.25) is 0 Å². The van der Waals surface area contributed by atoms with Crippen LogP contribution in [-0.2, 0) is 11.0 Å². The van der Waals surface area contributed by atoms with Gasteiger partial charge in [-0.15, -0.1) is 0 Å². The molecule has 3 rings (SSSR count). The number of carboxylic acid groups (broad SMARTS) is 1. The fourth-order valence-electron chi connectivity index (χ4n) is 2.67. The van der Waals surface area contributed by atoms with Gasteiger partial charge in [0.15, 0.2) is 0 Å². The Morgan fingerprint density at radius 2 is 1.52 bits per heavy atom. The lowest BCUT2D eigenvalue weighted by Crippen LogP contribution is -2.27. The minimum atomic E-state index is -4.75. The van der Waals surface area contributed by atoms with Crippen LogP contribution in [-0.4, -0.2) is 17.0 Å². The summed E-state index contributed by atoms with van der Waals surface area (Å²) in [5.41, 5.74) is -1.52. The summed E-state index contributed by atoms with van der Waals surface area (Å²) in [5, 5.41) is 11.6. The molecular weight excluding hydrogens is 411 g/mol. The topological polar surface area (TPSA) is 75.6 Å². The zero-order valence-electron chi connectivity index (χ0n) is 15.9. The SMILES string of the molecule is O=C(O)/C(=C\c1ccc(Oc2ccccc2)c(C(F)(F)F)c1)NC(=O)c1ccccc1. The summed E-state index contributed by atoms with van der Waals surface area (Å²) in [6, 6.07) is 18.9. The summed E-state index contributed by atoms with van der Waals surface area (Å²) in [7, 11) is 0. The zero-order chi connectivity index (χ0) is 22.4. The summed E-state index contributed by atoms with van der Waals surface area (Å²) in [4.78, 5) is 23.7. The predicted molar refractivity (Wildman–Crippen MR) is 107 cm³/mol. The van der Waals surface area contributed by atoms with Crippen molar-refractivity contribution in [1.29, 1.82) is 0 Å². The van der Waals surface area contributed by atoms with Crippen LogP contribution < -0.4 is 10.1 Å². The number of para-hydroxylation sites is 1. The fraction of sp³-hybridized carbons (Fsp3) is 0.0435. The second kappa shape index (κ2) is 9.17. The van der Waals surface area contributed by atoms with Crippen LogP contribution in [0.2, 0.25) is 0 Å². The molecule has 2 N–H and O–H groups in total.